The van der Waals surface area contributed by atoms with Crippen LogP contribution >= 0.6 is 0 Å². The molecule has 0 radical (unpaired) electrons. The van der Waals surface area contributed by atoms with Crippen LogP contribution in [0.1, 0.15) is 49.0 Å². The molecule has 10 heteroatoms. The summed E-state index contributed by atoms with van der Waals surface area (Å²) in [5, 5.41) is 4.03. The molecule has 2 aromatic heterocycles. The van der Waals surface area contributed by atoms with Crippen molar-refractivity contribution in [1.29, 1.82) is 0 Å². The Bertz CT molecular complexity index is 1470. The lowest BCUT2D eigenvalue weighted by Crippen LogP contribution is -2.29. The molecule has 0 aliphatic carbocycles. The third kappa shape index (κ3) is 4.12. The van der Waals surface area contributed by atoms with E-state index in [4.69, 9.17) is 15.2 Å². The fraction of sp³-hybridized carbons (Fsp3) is 0.308. The van der Waals surface area contributed by atoms with E-state index in [2.05, 4.69) is 5.16 Å². The maximum atomic E-state index is 14.0. The maximum Gasteiger partial charge on any atom is 0.227 e. The summed E-state index contributed by atoms with van der Waals surface area (Å²) in [4.78, 5) is 30.6. The topological polar surface area (TPSA) is 107 Å². The number of primary amides is 1. The Balaban J connectivity index is 1.62. The van der Waals surface area contributed by atoms with Crippen molar-refractivity contribution in [3.63, 3.8) is 0 Å². The van der Waals surface area contributed by atoms with Crippen LogP contribution in [0, 0.1) is 25.5 Å². The molecule has 4 aromatic rings. The number of rotatable bonds is 7. The molecular weight excluding hydrogens is 468 g/mol. The Morgan fingerprint density at radius 2 is 1.97 bits per heavy atom. The van der Waals surface area contributed by atoms with Crippen LogP contribution in [0.15, 0.2) is 40.9 Å². The zero-order valence-corrected chi connectivity index (χ0v) is 19.9. The van der Waals surface area contributed by atoms with E-state index >= 15 is 0 Å². The number of benzene rings is 2. The van der Waals surface area contributed by atoms with Crippen molar-refractivity contribution in [3.8, 4) is 11.1 Å². The lowest BCUT2D eigenvalue weighted by molar-refractivity contribution is -0.118. The number of nitrogens with zero attached hydrogens (tertiary/aromatic N) is 4. The second kappa shape index (κ2) is 9.18. The van der Waals surface area contributed by atoms with Crippen molar-refractivity contribution in [2.75, 3.05) is 4.90 Å². The van der Waals surface area contributed by atoms with Crippen molar-refractivity contribution in [3.05, 3.63) is 65.3 Å². The molecule has 3 heterocycles. The van der Waals surface area contributed by atoms with Crippen LogP contribution in [-0.2, 0) is 16.1 Å². The molecule has 0 saturated carbocycles. The third-order valence-electron chi connectivity index (χ3n) is 6.60. The van der Waals surface area contributed by atoms with E-state index in [9.17, 15) is 18.4 Å². The summed E-state index contributed by atoms with van der Waals surface area (Å²) in [5.41, 5.74) is 9.70. The standard InChI is InChI=1S/C26H25F2N5O3/c1-14-25(15(2)36-31-14)16-5-8-21-20(12-16)30-26(32(21)11-3-4-23(29)34)22-9-10-24(35)33(22)17-6-7-18(27)19(28)13-17/h5-8,12-13,22H,3-4,9-11H2,1-2H3,(H2,29,34)/t22-/m0/s1. The summed E-state index contributed by atoms with van der Waals surface area (Å²) in [7, 11) is 0. The van der Waals surface area contributed by atoms with E-state index in [1.807, 2.05) is 36.6 Å². The van der Waals surface area contributed by atoms with Crippen LogP contribution in [-0.4, -0.2) is 26.5 Å². The van der Waals surface area contributed by atoms with E-state index < -0.39 is 23.6 Å². The number of aryl methyl sites for hydroxylation is 3. The molecule has 0 unspecified atom stereocenters. The zero-order valence-electron chi connectivity index (χ0n) is 19.9. The van der Waals surface area contributed by atoms with Gasteiger partial charge in [0.1, 0.15) is 11.6 Å². The van der Waals surface area contributed by atoms with Crippen LogP contribution in [0.3, 0.4) is 0 Å². The summed E-state index contributed by atoms with van der Waals surface area (Å²) in [5.74, 6) is -1.29. The lowest BCUT2D eigenvalue weighted by Gasteiger charge is -2.25. The highest BCUT2D eigenvalue weighted by Gasteiger charge is 2.37. The van der Waals surface area contributed by atoms with Crippen molar-refractivity contribution in [2.24, 2.45) is 5.73 Å². The van der Waals surface area contributed by atoms with Crippen LogP contribution in [0.2, 0.25) is 0 Å². The molecule has 8 nitrogen and oxygen atoms in total. The molecule has 1 aliphatic heterocycles. The van der Waals surface area contributed by atoms with Gasteiger partial charge in [0.05, 0.1) is 22.8 Å². The quantitative estimate of drug-likeness (QED) is 0.401. The minimum Gasteiger partial charge on any atom is -0.370 e. The molecular formula is C26H25F2N5O3. The number of carbonyl (C=O) groups excluding carboxylic acids is 2. The summed E-state index contributed by atoms with van der Waals surface area (Å²) < 4.78 is 34.9. The molecule has 2 aromatic carbocycles. The van der Waals surface area contributed by atoms with Gasteiger partial charge >= 0.3 is 0 Å². The highest BCUT2D eigenvalue weighted by atomic mass is 19.2. The number of nitrogens with two attached hydrogens (primary N) is 1. The van der Waals surface area contributed by atoms with E-state index in [0.29, 0.717) is 36.5 Å². The largest absolute Gasteiger partial charge is 0.370 e. The normalized spacial score (nSPS) is 15.8. The molecule has 1 atom stereocenters. The van der Waals surface area contributed by atoms with Crippen molar-refractivity contribution in [2.45, 2.75) is 52.1 Å². The fourth-order valence-corrected chi connectivity index (χ4v) is 4.99. The average molecular weight is 494 g/mol. The van der Waals surface area contributed by atoms with Crippen molar-refractivity contribution < 1.29 is 22.9 Å². The molecule has 0 spiro atoms. The molecule has 5 rings (SSSR count). The highest BCUT2D eigenvalue weighted by molar-refractivity contribution is 5.96. The first-order valence-corrected chi connectivity index (χ1v) is 11.7. The fourth-order valence-electron chi connectivity index (χ4n) is 4.99. The minimum atomic E-state index is -1.02. The molecule has 0 bridgehead atoms. The molecule has 36 heavy (non-hydrogen) atoms. The number of fused-ring (bicyclic) bond motifs is 1. The molecule has 2 N–H and O–H groups in total. The smallest absolute Gasteiger partial charge is 0.227 e. The van der Waals surface area contributed by atoms with Crippen LogP contribution in [0.5, 0.6) is 0 Å². The number of hydrogen-bond acceptors (Lipinski definition) is 5. The molecule has 1 saturated heterocycles. The molecule has 1 fully saturated rings. The van der Waals surface area contributed by atoms with E-state index in [1.54, 1.807) is 0 Å². The van der Waals surface area contributed by atoms with Gasteiger partial charge in [0.15, 0.2) is 11.6 Å². The molecule has 1 aliphatic rings. The second-order valence-electron chi connectivity index (χ2n) is 9.01. The van der Waals surface area contributed by atoms with Gasteiger partial charge in [-0.3, -0.25) is 9.59 Å². The highest BCUT2D eigenvalue weighted by Crippen LogP contribution is 2.39. The monoisotopic (exact) mass is 493 g/mol. The Morgan fingerprint density at radius 1 is 1.17 bits per heavy atom. The lowest BCUT2D eigenvalue weighted by atomic mass is 10.0. The number of halogens is 2. The van der Waals surface area contributed by atoms with Gasteiger partial charge < -0.3 is 19.7 Å². The van der Waals surface area contributed by atoms with E-state index in [-0.39, 0.29) is 24.4 Å². The molecule has 2 amide bonds. The summed E-state index contributed by atoms with van der Waals surface area (Å²) in [6.07, 6.45) is 1.41. The van der Waals surface area contributed by atoms with Gasteiger partial charge in [0.25, 0.3) is 0 Å². The predicted octanol–water partition coefficient (Wildman–Crippen LogP) is 4.72. The van der Waals surface area contributed by atoms with Gasteiger partial charge in [-0.25, -0.2) is 13.8 Å². The Kier molecular flexibility index (Phi) is 6.03. The number of amides is 2. The zero-order chi connectivity index (χ0) is 25.6. The van der Waals surface area contributed by atoms with Crippen LogP contribution < -0.4 is 10.6 Å². The third-order valence-corrected chi connectivity index (χ3v) is 6.60. The average Bonchev–Trinajstić information content (AvgIpc) is 3.49. The van der Waals surface area contributed by atoms with Gasteiger partial charge in [0.2, 0.25) is 11.8 Å². The molecule has 186 valence electrons. The van der Waals surface area contributed by atoms with Crippen LogP contribution in [0.4, 0.5) is 14.5 Å². The number of carbonyl (C=O) groups is 2. The second-order valence-corrected chi connectivity index (χ2v) is 9.01. The number of hydrogen-bond donors (Lipinski definition) is 1. The summed E-state index contributed by atoms with van der Waals surface area (Å²) >= 11 is 0. The first-order valence-electron chi connectivity index (χ1n) is 11.7. The minimum absolute atomic E-state index is 0.196. The number of imidazole rings is 1. The van der Waals surface area contributed by atoms with Crippen molar-refractivity contribution >= 4 is 28.5 Å². The maximum absolute atomic E-state index is 14.0. The number of anilines is 1. The van der Waals surface area contributed by atoms with Gasteiger partial charge in [-0.1, -0.05) is 11.2 Å². The SMILES string of the molecule is Cc1noc(C)c1-c1ccc2c(c1)nc([C@@H]1CCC(=O)N1c1ccc(F)c(F)c1)n2CCCC(N)=O. The van der Waals surface area contributed by atoms with Gasteiger partial charge in [-0.2, -0.15) is 0 Å². The Morgan fingerprint density at radius 3 is 2.67 bits per heavy atom. The summed E-state index contributed by atoms with van der Waals surface area (Å²) in [6.45, 7) is 4.17. The number of aromatic nitrogens is 3. The van der Waals surface area contributed by atoms with Gasteiger partial charge in [-0.15, -0.1) is 0 Å². The van der Waals surface area contributed by atoms with E-state index in [1.165, 1.54) is 11.0 Å². The van der Waals surface area contributed by atoms with Gasteiger partial charge in [0, 0.05) is 36.7 Å². The van der Waals surface area contributed by atoms with Crippen molar-refractivity contribution in [1.82, 2.24) is 14.7 Å². The first-order chi connectivity index (χ1) is 17.2. The Labute approximate surface area is 205 Å². The van der Waals surface area contributed by atoms with E-state index in [0.717, 1.165) is 34.5 Å². The first kappa shape index (κ1) is 23.7. The Hall–Kier alpha value is -4.08. The summed E-state index contributed by atoms with van der Waals surface area (Å²) in [6, 6.07) is 8.79. The van der Waals surface area contributed by atoms with Gasteiger partial charge in [-0.05, 0) is 56.5 Å². The van der Waals surface area contributed by atoms with Crippen LogP contribution in [0.25, 0.3) is 22.2 Å². The predicted molar refractivity (Wildman–Crippen MR) is 129 cm³/mol.